The normalized spacial score (nSPS) is 16.5. The number of halogens is 1. The standard InChI is InChI=1S/C30H46ClNO6/c1-6-37-26(33)20-25(11-9-10-22-12-14-24(31)15-13-22)32-28(35)30(17-7-8-18-30)21-23(16-19-36-5)27(34)38-29(2,3)4/h12-15,23,25H,6-11,16-21H2,1-5H3,(H,32,35). The van der Waals surface area contributed by atoms with E-state index in [1.54, 1.807) is 14.0 Å². The van der Waals surface area contributed by atoms with Gasteiger partial charge in [0, 0.05) is 24.8 Å². The number of methoxy groups -OCH3 is 1. The van der Waals surface area contributed by atoms with Crippen LogP contribution in [0.2, 0.25) is 5.02 Å². The van der Waals surface area contributed by atoms with Crippen molar-refractivity contribution in [3.63, 3.8) is 0 Å². The minimum atomic E-state index is -0.668. The fourth-order valence-electron chi connectivity index (χ4n) is 5.18. The first-order valence-corrected chi connectivity index (χ1v) is 14.3. The van der Waals surface area contributed by atoms with E-state index in [0.717, 1.165) is 31.2 Å². The number of carbonyl (C=O) groups is 3. The van der Waals surface area contributed by atoms with Crippen molar-refractivity contribution in [2.24, 2.45) is 11.3 Å². The number of carbonyl (C=O) groups excluding carboxylic acids is 3. The van der Waals surface area contributed by atoms with E-state index in [1.807, 2.05) is 45.0 Å². The molecule has 7 nitrogen and oxygen atoms in total. The summed E-state index contributed by atoms with van der Waals surface area (Å²) in [5.41, 5.74) is -0.123. The summed E-state index contributed by atoms with van der Waals surface area (Å²) in [6.45, 7) is 8.03. The molecule has 1 amide bonds. The predicted octanol–water partition coefficient (Wildman–Crippen LogP) is 6.05. The molecule has 1 fully saturated rings. The van der Waals surface area contributed by atoms with E-state index in [0.29, 0.717) is 50.3 Å². The van der Waals surface area contributed by atoms with Gasteiger partial charge in [-0.25, -0.2) is 0 Å². The highest BCUT2D eigenvalue weighted by molar-refractivity contribution is 6.30. The molecule has 0 radical (unpaired) electrons. The Morgan fingerprint density at radius 3 is 2.32 bits per heavy atom. The van der Waals surface area contributed by atoms with E-state index < -0.39 is 16.9 Å². The molecule has 8 heteroatoms. The van der Waals surface area contributed by atoms with Crippen molar-refractivity contribution in [2.45, 2.75) is 104 Å². The van der Waals surface area contributed by atoms with Gasteiger partial charge in [-0.05, 0) is 90.3 Å². The van der Waals surface area contributed by atoms with Gasteiger partial charge >= 0.3 is 11.9 Å². The quantitative estimate of drug-likeness (QED) is 0.267. The lowest BCUT2D eigenvalue weighted by atomic mass is 9.75. The molecule has 2 atom stereocenters. The minimum absolute atomic E-state index is 0.0817. The first-order chi connectivity index (χ1) is 18.0. The van der Waals surface area contributed by atoms with Crippen LogP contribution in [0.3, 0.4) is 0 Å². The molecule has 1 N–H and O–H groups in total. The molecule has 2 rings (SSSR count). The molecule has 214 valence electrons. The number of hydrogen-bond acceptors (Lipinski definition) is 6. The SMILES string of the molecule is CCOC(=O)CC(CCCc1ccc(Cl)cc1)NC(=O)C1(CC(CCOC)C(=O)OC(C)(C)C)CCCC1. The lowest BCUT2D eigenvalue weighted by Gasteiger charge is -2.34. The minimum Gasteiger partial charge on any atom is -0.466 e. The molecule has 0 heterocycles. The predicted molar refractivity (Wildman–Crippen MR) is 149 cm³/mol. The van der Waals surface area contributed by atoms with Crippen molar-refractivity contribution in [1.29, 1.82) is 0 Å². The smallest absolute Gasteiger partial charge is 0.309 e. The molecule has 38 heavy (non-hydrogen) atoms. The molecule has 1 saturated carbocycles. The third-order valence-electron chi connectivity index (χ3n) is 7.07. The lowest BCUT2D eigenvalue weighted by Crippen LogP contribution is -2.47. The van der Waals surface area contributed by atoms with Crippen LogP contribution in [0.1, 0.15) is 91.0 Å². The summed E-state index contributed by atoms with van der Waals surface area (Å²) in [5, 5.41) is 3.88. The molecule has 1 aliphatic rings. The first kappa shape index (κ1) is 32.1. The van der Waals surface area contributed by atoms with E-state index >= 15 is 0 Å². The van der Waals surface area contributed by atoms with Gasteiger partial charge in [0.05, 0.1) is 24.4 Å². The maximum atomic E-state index is 13.8. The van der Waals surface area contributed by atoms with Gasteiger partial charge in [0.2, 0.25) is 5.91 Å². The summed E-state index contributed by atoms with van der Waals surface area (Å²) in [6, 6.07) is 7.37. The highest BCUT2D eigenvalue weighted by Gasteiger charge is 2.45. The number of rotatable bonds is 15. The summed E-state index contributed by atoms with van der Waals surface area (Å²) >= 11 is 6.00. The van der Waals surface area contributed by atoms with Gasteiger partial charge in [-0.15, -0.1) is 0 Å². The molecule has 0 spiro atoms. The molecule has 2 unspecified atom stereocenters. The number of aryl methyl sites for hydroxylation is 1. The van der Waals surface area contributed by atoms with Crippen molar-refractivity contribution < 1.29 is 28.6 Å². The zero-order valence-corrected chi connectivity index (χ0v) is 24.5. The molecule has 1 aromatic rings. The second kappa shape index (κ2) is 15.5. The average Bonchev–Trinajstić information content (AvgIpc) is 3.32. The summed E-state index contributed by atoms with van der Waals surface area (Å²) < 4.78 is 16.2. The van der Waals surface area contributed by atoms with E-state index in [-0.39, 0.29) is 30.3 Å². The average molecular weight is 552 g/mol. The number of nitrogens with one attached hydrogen (secondary N) is 1. The van der Waals surface area contributed by atoms with E-state index in [9.17, 15) is 14.4 Å². The van der Waals surface area contributed by atoms with Crippen molar-refractivity contribution >= 4 is 29.4 Å². The highest BCUT2D eigenvalue weighted by Crippen LogP contribution is 2.44. The Bertz CT molecular complexity index is 889. The van der Waals surface area contributed by atoms with Crippen LogP contribution in [-0.2, 0) is 35.0 Å². The van der Waals surface area contributed by atoms with Crippen molar-refractivity contribution in [2.75, 3.05) is 20.3 Å². The molecule has 1 aliphatic carbocycles. The second-order valence-electron chi connectivity index (χ2n) is 11.4. The third kappa shape index (κ3) is 10.9. The Labute approximate surface area is 233 Å². The second-order valence-corrected chi connectivity index (χ2v) is 11.8. The Hall–Kier alpha value is -2.12. The fourth-order valence-corrected chi connectivity index (χ4v) is 5.31. The van der Waals surface area contributed by atoms with Crippen LogP contribution < -0.4 is 5.32 Å². The molecule has 0 aromatic heterocycles. The van der Waals surface area contributed by atoms with Gasteiger partial charge < -0.3 is 19.5 Å². The van der Waals surface area contributed by atoms with Crippen LogP contribution >= 0.6 is 11.6 Å². The Morgan fingerprint density at radius 1 is 1.08 bits per heavy atom. The Balaban J connectivity index is 2.14. The van der Waals surface area contributed by atoms with Crippen molar-refractivity contribution in [3.05, 3.63) is 34.9 Å². The Kier molecular flexibility index (Phi) is 13.1. The highest BCUT2D eigenvalue weighted by atomic mass is 35.5. The van der Waals surface area contributed by atoms with Gasteiger partial charge in [0.15, 0.2) is 0 Å². The van der Waals surface area contributed by atoms with Crippen LogP contribution in [0.25, 0.3) is 0 Å². The number of benzene rings is 1. The van der Waals surface area contributed by atoms with Crippen LogP contribution in [0, 0.1) is 11.3 Å². The molecular formula is C30H46ClNO6. The van der Waals surface area contributed by atoms with E-state index in [4.69, 9.17) is 25.8 Å². The van der Waals surface area contributed by atoms with Crippen LogP contribution in [0.4, 0.5) is 0 Å². The van der Waals surface area contributed by atoms with Gasteiger partial charge in [0.1, 0.15) is 5.60 Å². The number of hydrogen-bond donors (Lipinski definition) is 1. The van der Waals surface area contributed by atoms with Crippen LogP contribution in [0.5, 0.6) is 0 Å². The summed E-state index contributed by atoms with van der Waals surface area (Å²) in [7, 11) is 1.61. The maximum absolute atomic E-state index is 13.8. The molecule has 0 bridgehead atoms. The first-order valence-electron chi connectivity index (χ1n) is 13.9. The number of esters is 2. The molecule has 0 saturated heterocycles. The Morgan fingerprint density at radius 2 is 1.74 bits per heavy atom. The monoisotopic (exact) mass is 551 g/mol. The summed E-state index contributed by atoms with van der Waals surface area (Å²) in [5.74, 6) is -1.13. The number of ether oxygens (including phenoxy) is 3. The van der Waals surface area contributed by atoms with Gasteiger partial charge in [-0.3, -0.25) is 14.4 Å². The topological polar surface area (TPSA) is 90.9 Å². The largest absolute Gasteiger partial charge is 0.466 e. The molecule has 0 aliphatic heterocycles. The molecular weight excluding hydrogens is 506 g/mol. The number of amides is 1. The zero-order chi connectivity index (χ0) is 28.2. The fraction of sp³-hybridized carbons (Fsp3) is 0.700. The van der Waals surface area contributed by atoms with Crippen molar-refractivity contribution in [3.8, 4) is 0 Å². The summed E-state index contributed by atoms with van der Waals surface area (Å²) in [6.07, 6.45) is 6.56. The van der Waals surface area contributed by atoms with Gasteiger partial charge in [-0.2, -0.15) is 0 Å². The zero-order valence-electron chi connectivity index (χ0n) is 23.8. The van der Waals surface area contributed by atoms with Gasteiger partial charge in [-0.1, -0.05) is 36.6 Å². The van der Waals surface area contributed by atoms with E-state index in [1.165, 1.54) is 0 Å². The van der Waals surface area contributed by atoms with Crippen LogP contribution in [-0.4, -0.2) is 49.8 Å². The maximum Gasteiger partial charge on any atom is 0.309 e. The molecule has 1 aromatic carbocycles. The van der Waals surface area contributed by atoms with Gasteiger partial charge in [0.25, 0.3) is 0 Å². The lowest BCUT2D eigenvalue weighted by molar-refractivity contribution is -0.162. The van der Waals surface area contributed by atoms with Crippen LogP contribution in [0.15, 0.2) is 24.3 Å². The summed E-state index contributed by atoms with van der Waals surface area (Å²) in [4.78, 5) is 39.3. The van der Waals surface area contributed by atoms with E-state index in [2.05, 4.69) is 5.32 Å². The third-order valence-corrected chi connectivity index (χ3v) is 7.33. The van der Waals surface area contributed by atoms with Crippen molar-refractivity contribution in [1.82, 2.24) is 5.32 Å².